The second kappa shape index (κ2) is 10.4. The Hall–Kier alpha value is -3.38. The molecule has 154 valence electrons. The highest BCUT2D eigenvalue weighted by Gasteiger charge is 2.19. The van der Waals surface area contributed by atoms with Gasteiger partial charge in [0.15, 0.2) is 5.82 Å². The topological polar surface area (TPSA) is 81.3 Å². The predicted molar refractivity (Wildman–Crippen MR) is 119 cm³/mol. The fraction of sp³-hybridized carbons (Fsp3) is 0.174. The van der Waals surface area contributed by atoms with Gasteiger partial charge in [-0.3, -0.25) is 0 Å². The lowest BCUT2D eigenvalue weighted by atomic mass is 10.1. The van der Waals surface area contributed by atoms with E-state index >= 15 is 0 Å². The van der Waals surface area contributed by atoms with E-state index in [0.717, 1.165) is 17.3 Å². The van der Waals surface area contributed by atoms with Crippen LogP contribution in [0.1, 0.15) is 23.9 Å². The number of nitrogens with zero attached hydrogens (tertiary/aromatic N) is 3. The quantitative estimate of drug-likeness (QED) is 0.333. The fourth-order valence-corrected chi connectivity index (χ4v) is 3.13. The van der Waals surface area contributed by atoms with E-state index in [0.29, 0.717) is 18.9 Å². The SMILES string of the molecule is CCOC(=O)C(=CN)c1nc(Cl)cc(N(Cc2ccccc2)Cc2ccccc2)n1. The normalized spacial score (nSPS) is 11.2. The summed E-state index contributed by atoms with van der Waals surface area (Å²) in [4.78, 5) is 23.1. The zero-order valence-corrected chi connectivity index (χ0v) is 17.4. The molecule has 2 N–H and O–H groups in total. The van der Waals surface area contributed by atoms with Crippen LogP contribution in [0.3, 0.4) is 0 Å². The summed E-state index contributed by atoms with van der Waals surface area (Å²) < 4.78 is 5.06. The van der Waals surface area contributed by atoms with E-state index in [9.17, 15) is 4.79 Å². The molecule has 1 aromatic heterocycles. The number of hydrogen-bond donors (Lipinski definition) is 1. The largest absolute Gasteiger partial charge is 0.462 e. The highest BCUT2D eigenvalue weighted by Crippen LogP contribution is 2.24. The smallest absolute Gasteiger partial charge is 0.343 e. The van der Waals surface area contributed by atoms with Crippen LogP contribution in [0.25, 0.3) is 5.57 Å². The maximum absolute atomic E-state index is 12.2. The number of hydrogen-bond acceptors (Lipinski definition) is 6. The third-order valence-corrected chi connectivity index (χ3v) is 4.53. The van der Waals surface area contributed by atoms with Gasteiger partial charge in [0, 0.05) is 25.4 Å². The number of nitrogens with two attached hydrogens (primary N) is 1. The van der Waals surface area contributed by atoms with Crippen LogP contribution in [0, 0.1) is 0 Å². The Kier molecular flexibility index (Phi) is 7.40. The van der Waals surface area contributed by atoms with Crippen molar-refractivity contribution >= 4 is 29.0 Å². The Morgan fingerprint density at radius 2 is 1.60 bits per heavy atom. The van der Waals surface area contributed by atoms with E-state index in [4.69, 9.17) is 22.1 Å². The summed E-state index contributed by atoms with van der Waals surface area (Å²) in [6.07, 6.45) is 1.15. The van der Waals surface area contributed by atoms with E-state index in [1.165, 1.54) is 0 Å². The molecule has 3 rings (SSSR count). The molecule has 3 aromatic rings. The molecule has 7 heteroatoms. The number of ether oxygens (including phenoxy) is 1. The molecule has 1 heterocycles. The van der Waals surface area contributed by atoms with Crippen LogP contribution >= 0.6 is 11.6 Å². The van der Waals surface area contributed by atoms with Crippen molar-refractivity contribution in [3.63, 3.8) is 0 Å². The minimum absolute atomic E-state index is 0.0694. The van der Waals surface area contributed by atoms with Crippen LogP contribution in [0.4, 0.5) is 5.82 Å². The van der Waals surface area contributed by atoms with Crippen molar-refractivity contribution in [3.05, 3.63) is 95.0 Å². The number of rotatable bonds is 8. The molecule has 0 bridgehead atoms. The Bertz CT molecular complexity index is 969. The first-order chi connectivity index (χ1) is 14.6. The molecule has 0 saturated carbocycles. The molecule has 0 amide bonds. The third-order valence-electron chi connectivity index (χ3n) is 4.34. The Labute approximate surface area is 181 Å². The van der Waals surface area contributed by atoms with E-state index in [1.807, 2.05) is 60.7 Å². The average Bonchev–Trinajstić information content (AvgIpc) is 2.75. The lowest BCUT2D eigenvalue weighted by Gasteiger charge is -2.25. The Morgan fingerprint density at radius 3 is 2.10 bits per heavy atom. The van der Waals surface area contributed by atoms with Crippen molar-refractivity contribution in [2.75, 3.05) is 11.5 Å². The van der Waals surface area contributed by atoms with Crippen molar-refractivity contribution in [1.29, 1.82) is 0 Å². The van der Waals surface area contributed by atoms with Gasteiger partial charge in [0.05, 0.1) is 6.61 Å². The standard InChI is InChI=1S/C23H23ClN4O2/c1-2-30-23(29)19(14-25)22-26-20(24)13-21(27-22)28(15-17-9-5-3-6-10-17)16-18-11-7-4-8-12-18/h3-14H,2,15-16,25H2,1H3. The zero-order valence-electron chi connectivity index (χ0n) is 16.7. The van der Waals surface area contributed by atoms with Crippen LogP contribution in [0.15, 0.2) is 72.9 Å². The molecule has 30 heavy (non-hydrogen) atoms. The zero-order chi connectivity index (χ0) is 21.3. The van der Waals surface area contributed by atoms with Crippen LogP contribution in [0.2, 0.25) is 5.15 Å². The van der Waals surface area contributed by atoms with Crippen molar-refractivity contribution in [2.24, 2.45) is 5.73 Å². The van der Waals surface area contributed by atoms with Gasteiger partial charge in [-0.15, -0.1) is 0 Å². The maximum Gasteiger partial charge on any atom is 0.343 e. The number of anilines is 1. The molecule has 0 unspecified atom stereocenters. The van der Waals surface area contributed by atoms with Crippen LogP contribution in [-0.2, 0) is 22.6 Å². The Balaban J connectivity index is 1.99. The Morgan fingerprint density at radius 1 is 1.03 bits per heavy atom. The highest BCUT2D eigenvalue weighted by molar-refractivity contribution is 6.29. The van der Waals surface area contributed by atoms with Gasteiger partial charge >= 0.3 is 5.97 Å². The monoisotopic (exact) mass is 422 g/mol. The highest BCUT2D eigenvalue weighted by atomic mass is 35.5. The number of aromatic nitrogens is 2. The second-order valence-corrected chi connectivity index (χ2v) is 6.89. The number of carbonyl (C=O) groups excluding carboxylic acids is 1. The van der Waals surface area contributed by atoms with Gasteiger partial charge in [0.25, 0.3) is 0 Å². The van der Waals surface area contributed by atoms with Crippen molar-refractivity contribution in [3.8, 4) is 0 Å². The summed E-state index contributed by atoms with van der Waals surface area (Å²) in [6.45, 7) is 3.14. The minimum atomic E-state index is -0.592. The fourth-order valence-electron chi connectivity index (χ4n) is 2.96. The molecule has 0 aliphatic heterocycles. The van der Waals surface area contributed by atoms with Gasteiger partial charge in [-0.25, -0.2) is 14.8 Å². The molecule has 6 nitrogen and oxygen atoms in total. The van der Waals surface area contributed by atoms with Gasteiger partial charge in [-0.2, -0.15) is 0 Å². The van der Waals surface area contributed by atoms with E-state index in [1.54, 1.807) is 13.0 Å². The molecule has 0 radical (unpaired) electrons. The number of carbonyl (C=O) groups is 1. The van der Waals surface area contributed by atoms with Crippen LogP contribution in [0.5, 0.6) is 0 Å². The molecule has 0 aliphatic rings. The van der Waals surface area contributed by atoms with Crippen molar-refractivity contribution in [2.45, 2.75) is 20.0 Å². The molecule has 0 fully saturated rings. The minimum Gasteiger partial charge on any atom is -0.462 e. The number of esters is 1. The number of halogens is 1. The lowest BCUT2D eigenvalue weighted by molar-refractivity contribution is -0.136. The molecular weight excluding hydrogens is 400 g/mol. The predicted octanol–water partition coefficient (Wildman–Crippen LogP) is 4.20. The molecule has 0 atom stereocenters. The van der Waals surface area contributed by atoms with Gasteiger partial charge in [0.2, 0.25) is 0 Å². The van der Waals surface area contributed by atoms with Crippen molar-refractivity contribution in [1.82, 2.24) is 9.97 Å². The molecule has 2 aromatic carbocycles. The van der Waals surface area contributed by atoms with Gasteiger partial charge in [-0.05, 0) is 18.1 Å². The molecule has 0 saturated heterocycles. The summed E-state index contributed by atoms with van der Waals surface area (Å²) in [7, 11) is 0. The summed E-state index contributed by atoms with van der Waals surface area (Å²) >= 11 is 6.28. The van der Waals surface area contributed by atoms with Gasteiger partial charge in [0.1, 0.15) is 16.5 Å². The summed E-state index contributed by atoms with van der Waals surface area (Å²) in [6, 6.07) is 21.8. The summed E-state index contributed by atoms with van der Waals surface area (Å²) in [5.74, 6) is 0.122. The molecule has 0 aliphatic carbocycles. The number of benzene rings is 2. The van der Waals surface area contributed by atoms with E-state index < -0.39 is 5.97 Å². The van der Waals surface area contributed by atoms with Gasteiger partial charge in [-0.1, -0.05) is 72.3 Å². The summed E-state index contributed by atoms with van der Waals surface area (Å²) in [5, 5.41) is 0.213. The second-order valence-electron chi connectivity index (χ2n) is 6.50. The van der Waals surface area contributed by atoms with Gasteiger partial charge < -0.3 is 15.4 Å². The summed E-state index contributed by atoms with van der Waals surface area (Å²) in [5.41, 5.74) is 7.96. The third kappa shape index (κ3) is 5.58. The van der Waals surface area contributed by atoms with Crippen molar-refractivity contribution < 1.29 is 9.53 Å². The first-order valence-corrected chi connectivity index (χ1v) is 9.95. The van der Waals surface area contributed by atoms with E-state index in [-0.39, 0.29) is 23.2 Å². The maximum atomic E-state index is 12.2. The first kappa shape index (κ1) is 21.3. The van der Waals surface area contributed by atoms with E-state index in [2.05, 4.69) is 14.9 Å². The first-order valence-electron chi connectivity index (χ1n) is 9.57. The molecular formula is C23H23ClN4O2. The van der Waals surface area contributed by atoms with Crippen LogP contribution in [-0.4, -0.2) is 22.5 Å². The average molecular weight is 423 g/mol. The van der Waals surface area contributed by atoms with Crippen LogP contribution < -0.4 is 10.6 Å². The molecule has 0 spiro atoms. The lowest BCUT2D eigenvalue weighted by Crippen LogP contribution is -2.24.